The fraction of sp³-hybridized carbons (Fsp3) is 0.423. The first kappa shape index (κ1) is 26.0. The second kappa shape index (κ2) is 10.6. The van der Waals surface area contributed by atoms with Gasteiger partial charge in [0, 0.05) is 37.1 Å². The van der Waals surface area contributed by atoms with Gasteiger partial charge in [0.05, 0.1) is 23.6 Å². The first-order valence-corrected chi connectivity index (χ1v) is 12.4. The third-order valence-corrected chi connectivity index (χ3v) is 6.60. The number of nitrogens with zero attached hydrogens (tertiary/aromatic N) is 4. The van der Waals surface area contributed by atoms with Crippen molar-refractivity contribution in [3.63, 3.8) is 0 Å². The highest BCUT2D eigenvalue weighted by molar-refractivity contribution is 6.05. The number of aryl methyl sites for hydroxylation is 1. The number of hydrogen-bond donors (Lipinski definition) is 2. The SMILES string of the molecule is Cc1cnn(C2CCCCO2)c1-c1cc(C(=O)Nc2ccc(OC(F)(F)F)cc2)cnc1N1CCC(O)C1. The van der Waals surface area contributed by atoms with Crippen LogP contribution in [0, 0.1) is 6.92 Å². The van der Waals surface area contributed by atoms with E-state index < -0.39 is 18.4 Å². The average Bonchev–Trinajstić information content (AvgIpc) is 3.50. The van der Waals surface area contributed by atoms with Crippen LogP contribution < -0.4 is 15.0 Å². The van der Waals surface area contributed by atoms with Crippen molar-refractivity contribution in [2.75, 3.05) is 29.9 Å². The molecule has 12 heteroatoms. The first-order valence-electron chi connectivity index (χ1n) is 12.4. The molecule has 0 spiro atoms. The number of carbonyl (C=O) groups excluding carboxylic acids is 1. The van der Waals surface area contributed by atoms with E-state index in [1.165, 1.54) is 18.3 Å². The van der Waals surface area contributed by atoms with E-state index in [1.807, 2.05) is 16.5 Å². The lowest BCUT2D eigenvalue weighted by Crippen LogP contribution is -2.25. The molecule has 38 heavy (non-hydrogen) atoms. The molecule has 202 valence electrons. The Kier molecular flexibility index (Phi) is 7.26. The van der Waals surface area contributed by atoms with E-state index in [0.717, 1.165) is 42.7 Å². The molecule has 2 N–H and O–H groups in total. The molecule has 2 fully saturated rings. The standard InChI is InChI=1S/C26H28F3N5O4/c1-16-13-31-34(22-4-2-3-11-37-22)23(16)21-12-17(14-30-24(21)33-10-9-19(35)15-33)25(36)32-18-5-7-20(8-6-18)38-26(27,28)29/h5-8,12-14,19,22,35H,2-4,9-11,15H2,1H3,(H,32,36). The van der Waals surface area contributed by atoms with Gasteiger partial charge in [0.1, 0.15) is 11.6 Å². The van der Waals surface area contributed by atoms with Gasteiger partial charge in [0.2, 0.25) is 0 Å². The minimum Gasteiger partial charge on any atom is -0.406 e. The van der Waals surface area contributed by atoms with E-state index in [2.05, 4.69) is 20.1 Å². The molecule has 0 bridgehead atoms. The Balaban J connectivity index is 1.47. The Morgan fingerprint density at radius 2 is 1.97 bits per heavy atom. The Hall–Kier alpha value is -3.64. The van der Waals surface area contributed by atoms with Gasteiger partial charge in [-0.05, 0) is 68.5 Å². The van der Waals surface area contributed by atoms with E-state index in [1.54, 1.807) is 12.3 Å². The number of benzene rings is 1. The number of nitrogens with one attached hydrogen (secondary N) is 1. The summed E-state index contributed by atoms with van der Waals surface area (Å²) in [6, 6.07) is 6.63. The highest BCUT2D eigenvalue weighted by Gasteiger charge is 2.31. The maximum atomic E-state index is 13.1. The summed E-state index contributed by atoms with van der Waals surface area (Å²) in [6.45, 7) is 3.61. The molecule has 9 nitrogen and oxygen atoms in total. The molecule has 2 saturated heterocycles. The number of halogens is 3. The Morgan fingerprint density at radius 3 is 2.63 bits per heavy atom. The zero-order chi connectivity index (χ0) is 26.9. The molecule has 0 saturated carbocycles. The van der Waals surface area contributed by atoms with Gasteiger partial charge in [-0.1, -0.05) is 0 Å². The Morgan fingerprint density at radius 1 is 1.18 bits per heavy atom. The van der Waals surface area contributed by atoms with Gasteiger partial charge in [-0.25, -0.2) is 9.67 Å². The fourth-order valence-corrected chi connectivity index (χ4v) is 4.80. The molecule has 4 heterocycles. The van der Waals surface area contributed by atoms with Gasteiger partial charge < -0.3 is 24.8 Å². The van der Waals surface area contributed by atoms with Crippen molar-refractivity contribution >= 4 is 17.4 Å². The number of rotatable bonds is 6. The van der Waals surface area contributed by atoms with Crippen LogP contribution in [0.2, 0.25) is 0 Å². The summed E-state index contributed by atoms with van der Waals surface area (Å²) < 4.78 is 49.0. The lowest BCUT2D eigenvalue weighted by atomic mass is 10.1. The Bertz CT molecular complexity index is 1290. The molecule has 2 atom stereocenters. The number of amides is 1. The molecule has 2 unspecified atom stereocenters. The summed E-state index contributed by atoms with van der Waals surface area (Å²) in [5.74, 6) is -0.230. The number of aliphatic hydroxyl groups excluding tert-OH is 1. The lowest BCUT2D eigenvalue weighted by Gasteiger charge is -2.26. The highest BCUT2D eigenvalue weighted by Crippen LogP contribution is 2.37. The predicted octanol–water partition coefficient (Wildman–Crippen LogP) is 4.67. The quantitative estimate of drug-likeness (QED) is 0.477. The second-order valence-electron chi connectivity index (χ2n) is 9.45. The molecule has 2 aliphatic heterocycles. The number of pyridine rings is 1. The zero-order valence-electron chi connectivity index (χ0n) is 20.7. The van der Waals surface area contributed by atoms with E-state index >= 15 is 0 Å². The maximum absolute atomic E-state index is 13.1. The van der Waals surface area contributed by atoms with Crippen LogP contribution >= 0.6 is 0 Å². The summed E-state index contributed by atoms with van der Waals surface area (Å²) >= 11 is 0. The van der Waals surface area contributed by atoms with E-state index in [9.17, 15) is 23.1 Å². The number of alkyl halides is 3. The minimum atomic E-state index is -4.80. The summed E-state index contributed by atoms with van der Waals surface area (Å²) in [6.07, 6.45) is 1.14. The van der Waals surface area contributed by atoms with Crippen molar-refractivity contribution in [3.8, 4) is 17.0 Å². The third kappa shape index (κ3) is 5.76. The Labute approximate surface area is 217 Å². The molecule has 1 aromatic carbocycles. The minimum absolute atomic E-state index is 0.237. The monoisotopic (exact) mass is 531 g/mol. The molecule has 3 aromatic rings. The molecular formula is C26H28F3N5O4. The van der Waals surface area contributed by atoms with Crippen molar-refractivity contribution in [2.45, 2.75) is 51.3 Å². The lowest BCUT2D eigenvalue weighted by molar-refractivity contribution is -0.274. The van der Waals surface area contributed by atoms with Crippen molar-refractivity contribution in [1.29, 1.82) is 0 Å². The number of aromatic nitrogens is 3. The van der Waals surface area contributed by atoms with Crippen LogP contribution in [-0.4, -0.2) is 57.9 Å². The van der Waals surface area contributed by atoms with Crippen LogP contribution in [0.1, 0.15) is 47.8 Å². The van der Waals surface area contributed by atoms with Gasteiger partial charge >= 0.3 is 6.36 Å². The molecule has 0 radical (unpaired) electrons. The molecule has 2 aromatic heterocycles. The summed E-state index contributed by atoms with van der Waals surface area (Å²) in [7, 11) is 0. The van der Waals surface area contributed by atoms with Gasteiger partial charge in [-0.3, -0.25) is 4.79 Å². The number of β-amino-alcohol motifs (C(OH)–C–C–N with tert-alkyl or cyclic N) is 1. The van der Waals surface area contributed by atoms with Gasteiger partial charge in [0.15, 0.2) is 6.23 Å². The summed E-state index contributed by atoms with van der Waals surface area (Å²) in [5, 5.41) is 17.4. The number of carbonyl (C=O) groups is 1. The van der Waals surface area contributed by atoms with Crippen LogP contribution in [0.15, 0.2) is 42.7 Å². The highest BCUT2D eigenvalue weighted by atomic mass is 19.4. The van der Waals surface area contributed by atoms with Crippen LogP contribution in [0.25, 0.3) is 11.3 Å². The molecule has 0 aliphatic carbocycles. The van der Waals surface area contributed by atoms with Gasteiger partial charge in [0.25, 0.3) is 5.91 Å². The van der Waals surface area contributed by atoms with Crippen LogP contribution in [0.5, 0.6) is 5.75 Å². The molecular weight excluding hydrogens is 503 g/mol. The zero-order valence-corrected chi connectivity index (χ0v) is 20.7. The topological polar surface area (TPSA) is 102 Å². The number of hydrogen-bond acceptors (Lipinski definition) is 7. The van der Waals surface area contributed by atoms with E-state index in [0.29, 0.717) is 43.2 Å². The van der Waals surface area contributed by atoms with Gasteiger partial charge in [-0.2, -0.15) is 5.10 Å². The second-order valence-corrected chi connectivity index (χ2v) is 9.45. The summed E-state index contributed by atoms with van der Waals surface area (Å²) in [4.78, 5) is 19.8. The summed E-state index contributed by atoms with van der Waals surface area (Å²) in [5.41, 5.74) is 2.92. The van der Waals surface area contributed by atoms with Crippen molar-refractivity contribution in [3.05, 3.63) is 53.9 Å². The van der Waals surface area contributed by atoms with E-state index in [4.69, 9.17) is 4.74 Å². The number of ether oxygens (including phenoxy) is 2. The van der Waals surface area contributed by atoms with Crippen molar-refractivity contribution in [2.24, 2.45) is 0 Å². The first-order chi connectivity index (χ1) is 18.2. The van der Waals surface area contributed by atoms with Crippen LogP contribution in [0.3, 0.4) is 0 Å². The van der Waals surface area contributed by atoms with Crippen LogP contribution in [0.4, 0.5) is 24.7 Å². The molecule has 1 amide bonds. The van der Waals surface area contributed by atoms with Crippen LogP contribution in [-0.2, 0) is 4.74 Å². The van der Waals surface area contributed by atoms with Gasteiger partial charge in [-0.15, -0.1) is 13.2 Å². The maximum Gasteiger partial charge on any atom is 0.573 e. The molecule has 2 aliphatic rings. The van der Waals surface area contributed by atoms with Crippen molar-refractivity contribution in [1.82, 2.24) is 14.8 Å². The van der Waals surface area contributed by atoms with Crippen molar-refractivity contribution < 1.29 is 32.5 Å². The third-order valence-electron chi connectivity index (χ3n) is 6.60. The fourth-order valence-electron chi connectivity index (χ4n) is 4.80. The molecule has 5 rings (SSSR count). The smallest absolute Gasteiger partial charge is 0.406 e. The largest absolute Gasteiger partial charge is 0.573 e. The predicted molar refractivity (Wildman–Crippen MR) is 133 cm³/mol. The average molecular weight is 532 g/mol. The van der Waals surface area contributed by atoms with E-state index in [-0.39, 0.29) is 17.5 Å². The number of aliphatic hydroxyl groups is 1. The normalized spacial score (nSPS) is 20.0. The number of anilines is 2.